The van der Waals surface area contributed by atoms with Gasteiger partial charge in [0.1, 0.15) is 12.3 Å². The van der Waals surface area contributed by atoms with E-state index in [2.05, 4.69) is 0 Å². The molecule has 19 heavy (non-hydrogen) atoms. The number of carboxylic acids is 1. The summed E-state index contributed by atoms with van der Waals surface area (Å²) in [6.45, 7) is -0.479. The molecule has 2 N–H and O–H groups in total. The predicted molar refractivity (Wildman–Crippen MR) is 63.8 cm³/mol. The standard InChI is InChI=1S/C13H15FO5/c1-18-13-10(11(14)9(6-15)19-13)7-4-2-3-5-8(7)12(16)17/h2-5,9-11,13,15H,6H2,1H3,(H,16,17)/t9-,10-,11+,13+/m1/s1. The minimum absolute atomic E-state index is 0.0133. The predicted octanol–water partition coefficient (Wildman–Crippen LogP) is 1.17. The Morgan fingerprint density at radius 1 is 1.47 bits per heavy atom. The molecule has 4 atom stereocenters. The van der Waals surface area contributed by atoms with Gasteiger partial charge in [-0.25, -0.2) is 9.18 Å². The van der Waals surface area contributed by atoms with Crippen molar-refractivity contribution in [2.45, 2.75) is 24.5 Å². The fraction of sp³-hybridized carbons (Fsp3) is 0.462. The van der Waals surface area contributed by atoms with Gasteiger partial charge in [0.05, 0.1) is 18.1 Å². The Hall–Kier alpha value is -1.50. The zero-order valence-corrected chi connectivity index (χ0v) is 10.3. The highest BCUT2D eigenvalue weighted by Gasteiger charge is 2.47. The highest BCUT2D eigenvalue weighted by molar-refractivity contribution is 5.89. The molecule has 1 fully saturated rings. The van der Waals surface area contributed by atoms with Crippen LogP contribution in [0.1, 0.15) is 21.8 Å². The first kappa shape index (κ1) is 13.9. The molecule has 1 aromatic carbocycles. The average molecular weight is 270 g/mol. The Balaban J connectivity index is 2.42. The molecule has 104 valence electrons. The number of benzene rings is 1. The van der Waals surface area contributed by atoms with Gasteiger partial charge in [0.2, 0.25) is 0 Å². The number of aliphatic hydroxyl groups is 1. The lowest BCUT2D eigenvalue weighted by molar-refractivity contribution is -0.130. The maximum Gasteiger partial charge on any atom is 0.335 e. The molecular formula is C13H15FO5. The van der Waals surface area contributed by atoms with E-state index < -0.39 is 37.1 Å². The van der Waals surface area contributed by atoms with Crippen molar-refractivity contribution in [2.75, 3.05) is 13.7 Å². The number of carboxylic acid groups (broad SMARTS) is 1. The van der Waals surface area contributed by atoms with Gasteiger partial charge in [-0.05, 0) is 11.6 Å². The first-order valence-corrected chi connectivity index (χ1v) is 5.85. The third kappa shape index (κ3) is 2.47. The fourth-order valence-corrected chi connectivity index (χ4v) is 2.36. The van der Waals surface area contributed by atoms with E-state index in [1.165, 1.54) is 19.2 Å². The van der Waals surface area contributed by atoms with E-state index in [1.54, 1.807) is 12.1 Å². The monoisotopic (exact) mass is 270 g/mol. The molecule has 0 spiro atoms. The smallest absolute Gasteiger partial charge is 0.335 e. The number of aromatic carboxylic acids is 1. The van der Waals surface area contributed by atoms with Crippen LogP contribution in [0.5, 0.6) is 0 Å². The normalized spacial score (nSPS) is 30.5. The molecule has 2 rings (SSSR count). The Kier molecular flexibility index (Phi) is 4.14. The van der Waals surface area contributed by atoms with Crippen molar-refractivity contribution in [1.29, 1.82) is 0 Å². The van der Waals surface area contributed by atoms with Crippen LogP contribution in [0.2, 0.25) is 0 Å². The van der Waals surface area contributed by atoms with Crippen molar-refractivity contribution >= 4 is 5.97 Å². The van der Waals surface area contributed by atoms with Gasteiger partial charge in [-0.15, -0.1) is 0 Å². The molecule has 0 aromatic heterocycles. The summed E-state index contributed by atoms with van der Waals surface area (Å²) in [6.07, 6.45) is -3.43. The number of hydrogen-bond donors (Lipinski definition) is 2. The van der Waals surface area contributed by atoms with Crippen LogP contribution in [-0.4, -0.2) is 48.5 Å². The minimum Gasteiger partial charge on any atom is -0.478 e. The van der Waals surface area contributed by atoms with Crippen molar-refractivity contribution in [3.63, 3.8) is 0 Å². The van der Waals surface area contributed by atoms with Crippen molar-refractivity contribution in [3.8, 4) is 0 Å². The van der Waals surface area contributed by atoms with Gasteiger partial charge in [-0.3, -0.25) is 0 Å². The summed E-state index contributed by atoms with van der Waals surface area (Å²) in [5.74, 6) is -2.00. The SMILES string of the molecule is CO[C@H]1O[C@H](CO)[C@H](F)[C@H]1c1ccccc1C(=O)O. The molecule has 1 aliphatic heterocycles. The van der Waals surface area contributed by atoms with E-state index in [4.69, 9.17) is 19.7 Å². The van der Waals surface area contributed by atoms with Gasteiger partial charge in [0, 0.05) is 7.11 Å². The van der Waals surface area contributed by atoms with Crippen LogP contribution >= 0.6 is 0 Å². The number of rotatable bonds is 4. The van der Waals surface area contributed by atoms with Crippen LogP contribution in [-0.2, 0) is 9.47 Å². The Morgan fingerprint density at radius 3 is 2.74 bits per heavy atom. The molecule has 0 saturated carbocycles. The molecule has 0 bridgehead atoms. The highest BCUT2D eigenvalue weighted by Crippen LogP contribution is 2.39. The molecule has 1 heterocycles. The van der Waals surface area contributed by atoms with Crippen molar-refractivity contribution in [3.05, 3.63) is 35.4 Å². The van der Waals surface area contributed by atoms with Gasteiger partial charge in [-0.2, -0.15) is 0 Å². The molecule has 1 aliphatic rings. The van der Waals surface area contributed by atoms with Gasteiger partial charge >= 0.3 is 5.97 Å². The zero-order chi connectivity index (χ0) is 14.0. The minimum atomic E-state index is -1.52. The fourth-order valence-electron chi connectivity index (χ4n) is 2.36. The number of aliphatic hydroxyl groups excluding tert-OH is 1. The van der Waals surface area contributed by atoms with Crippen molar-refractivity contribution in [1.82, 2.24) is 0 Å². The third-order valence-corrected chi connectivity index (χ3v) is 3.26. The summed E-state index contributed by atoms with van der Waals surface area (Å²) >= 11 is 0. The van der Waals surface area contributed by atoms with Crippen LogP contribution in [0.15, 0.2) is 24.3 Å². The maximum atomic E-state index is 14.3. The lowest BCUT2D eigenvalue weighted by Gasteiger charge is -2.20. The number of ether oxygens (including phenoxy) is 2. The second kappa shape index (κ2) is 5.64. The molecule has 6 heteroatoms. The molecule has 0 amide bonds. The average Bonchev–Trinajstić information content (AvgIpc) is 2.74. The van der Waals surface area contributed by atoms with E-state index in [0.29, 0.717) is 5.56 Å². The van der Waals surface area contributed by atoms with Crippen LogP contribution in [0, 0.1) is 0 Å². The number of carbonyl (C=O) groups is 1. The van der Waals surface area contributed by atoms with Gasteiger partial charge in [-0.1, -0.05) is 18.2 Å². The van der Waals surface area contributed by atoms with Crippen LogP contribution < -0.4 is 0 Å². The largest absolute Gasteiger partial charge is 0.478 e. The summed E-state index contributed by atoms with van der Waals surface area (Å²) in [5.41, 5.74) is 0.324. The lowest BCUT2D eigenvalue weighted by atomic mass is 9.89. The van der Waals surface area contributed by atoms with E-state index in [9.17, 15) is 9.18 Å². The maximum absolute atomic E-state index is 14.3. The van der Waals surface area contributed by atoms with Gasteiger partial charge < -0.3 is 19.7 Å². The van der Waals surface area contributed by atoms with E-state index >= 15 is 0 Å². The second-order valence-corrected chi connectivity index (χ2v) is 4.32. The quantitative estimate of drug-likeness (QED) is 0.859. The first-order valence-electron chi connectivity index (χ1n) is 5.85. The van der Waals surface area contributed by atoms with Crippen molar-refractivity contribution < 1.29 is 28.9 Å². The summed E-state index contributed by atoms with van der Waals surface area (Å²) in [7, 11) is 1.35. The van der Waals surface area contributed by atoms with Crippen LogP contribution in [0.3, 0.4) is 0 Å². The number of alkyl halides is 1. The lowest BCUT2D eigenvalue weighted by Crippen LogP contribution is -2.26. The van der Waals surface area contributed by atoms with Crippen LogP contribution in [0.4, 0.5) is 4.39 Å². The summed E-state index contributed by atoms with van der Waals surface area (Å²) < 4.78 is 24.5. The van der Waals surface area contributed by atoms with E-state index in [-0.39, 0.29) is 5.56 Å². The zero-order valence-electron chi connectivity index (χ0n) is 10.3. The summed E-state index contributed by atoms with van der Waals surface area (Å²) in [5, 5.41) is 18.2. The number of hydrogen-bond acceptors (Lipinski definition) is 4. The summed E-state index contributed by atoms with van der Waals surface area (Å²) in [4.78, 5) is 11.2. The molecule has 1 aromatic rings. The van der Waals surface area contributed by atoms with E-state index in [0.717, 1.165) is 0 Å². The summed E-state index contributed by atoms with van der Waals surface area (Å²) in [6, 6.07) is 6.15. The Bertz CT molecular complexity index is 462. The molecule has 5 nitrogen and oxygen atoms in total. The molecule has 1 saturated heterocycles. The first-order chi connectivity index (χ1) is 9.10. The molecule has 0 unspecified atom stereocenters. The molecule has 0 radical (unpaired) electrons. The van der Waals surface area contributed by atoms with E-state index in [1.807, 2.05) is 0 Å². The number of methoxy groups -OCH3 is 1. The third-order valence-electron chi connectivity index (χ3n) is 3.26. The highest BCUT2D eigenvalue weighted by atomic mass is 19.1. The van der Waals surface area contributed by atoms with Crippen molar-refractivity contribution in [2.24, 2.45) is 0 Å². The molecular weight excluding hydrogens is 255 g/mol. The topological polar surface area (TPSA) is 76.0 Å². The van der Waals surface area contributed by atoms with Crippen LogP contribution in [0.25, 0.3) is 0 Å². The molecule has 0 aliphatic carbocycles. The Labute approximate surface area is 109 Å². The van der Waals surface area contributed by atoms with Gasteiger partial charge in [0.15, 0.2) is 6.29 Å². The number of halogens is 1. The van der Waals surface area contributed by atoms with Gasteiger partial charge in [0.25, 0.3) is 0 Å². The second-order valence-electron chi connectivity index (χ2n) is 4.32. The Morgan fingerprint density at radius 2 is 2.16 bits per heavy atom.